The van der Waals surface area contributed by atoms with E-state index in [1.807, 2.05) is 56.0 Å². The van der Waals surface area contributed by atoms with Crippen LogP contribution in [0, 0.1) is 5.82 Å². The maximum absolute atomic E-state index is 16.9. The van der Waals surface area contributed by atoms with Crippen molar-refractivity contribution >= 4 is 45.2 Å². The monoisotopic (exact) mass is 688 g/mol. The molecule has 10 nitrogen and oxygen atoms in total. The summed E-state index contributed by atoms with van der Waals surface area (Å²) in [5.74, 6) is -0.00800. The van der Waals surface area contributed by atoms with Crippen molar-refractivity contribution in [3.8, 4) is 17.3 Å². The SMILES string of the molecule is CO[C@@H]1CN2CCC[C@]2(COc2nc(N3CC4CCC(C3)N4C(=O)OC(C)(C)C)c3cnc(-c4cccc5cccc(Cl)c45)c(F)c3n2)C1. The molecular formula is C37H42ClFN6O4. The van der Waals surface area contributed by atoms with Gasteiger partial charge < -0.3 is 19.1 Å². The number of pyridine rings is 1. The zero-order chi connectivity index (χ0) is 34.1. The number of methoxy groups -OCH3 is 1. The van der Waals surface area contributed by atoms with Crippen LogP contribution in [0.2, 0.25) is 5.02 Å². The molecule has 12 heteroatoms. The summed E-state index contributed by atoms with van der Waals surface area (Å²) in [7, 11) is 1.76. The summed E-state index contributed by atoms with van der Waals surface area (Å²) < 4.78 is 34.9. The molecule has 49 heavy (non-hydrogen) atoms. The Labute approximate surface area is 290 Å². The second kappa shape index (κ2) is 12.2. The van der Waals surface area contributed by atoms with Gasteiger partial charge in [-0.1, -0.05) is 41.9 Å². The Hall–Kier alpha value is -3.80. The molecule has 258 valence electrons. The molecule has 0 saturated carbocycles. The number of hydrogen-bond donors (Lipinski definition) is 0. The lowest BCUT2D eigenvalue weighted by atomic mass is 9.94. The van der Waals surface area contributed by atoms with Crippen molar-refractivity contribution in [3.63, 3.8) is 0 Å². The Balaban J connectivity index is 1.19. The maximum Gasteiger partial charge on any atom is 0.410 e. The zero-order valence-electron chi connectivity index (χ0n) is 28.4. The molecule has 4 fully saturated rings. The molecule has 4 aliphatic heterocycles. The van der Waals surface area contributed by atoms with Crippen LogP contribution in [0.5, 0.6) is 6.01 Å². The van der Waals surface area contributed by atoms with Crippen LogP contribution in [0.25, 0.3) is 32.9 Å². The molecule has 4 aliphatic rings. The van der Waals surface area contributed by atoms with Crippen LogP contribution in [0.1, 0.15) is 52.9 Å². The van der Waals surface area contributed by atoms with E-state index in [0.29, 0.717) is 41.5 Å². The van der Waals surface area contributed by atoms with Gasteiger partial charge >= 0.3 is 12.1 Å². The van der Waals surface area contributed by atoms with E-state index < -0.39 is 11.4 Å². The third kappa shape index (κ3) is 5.73. The minimum Gasteiger partial charge on any atom is -0.461 e. The summed E-state index contributed by atoms with van der Waals surface area (Å²) in [5, 5.41) is 2.63. The lowest BCUT2D eigenvalue weighted by Gasteiger charge is -2.42. The first-order valence-corrected chi connectivity index (χ1v) is 17.6. The molecule has 6 heterocycles. The highest BCUT2D eigenvalue weighted by Crippen LogP contribution is 2.42. The quantitative estimate of drug-likeness (QED) is 0.216. The van der Waals surface area contributed by atoms with E-state index in [2.05, 4.69) is 14.8 Å². The third-order valence-electron chi connectivity index (χ3n) is 10.7. The number of ether oxygens (including phenoxy) is 3. The molecule has 1 amide bonds. The van der Waals surface area contributed by atoms with E-state index in [0.717, 1.165) is 56.0 Å². The number of carbonyl (C=O) groups is 1. The fourth-order valence-electron chi connectivity index (χ4n) is 8.52. The number of hydrogen-bond acceptors (Lipinski definition) is 9. The van der Waals surface area contributed by atoms with Gasteiger partial charge in [0.1, 0.15) is 29.2 Å². The Kier molecular flexibility index (Phi) is 8.07. The number of anilines is 1. The number of fused-ring (bicyclic) bond motifs is 5. The first-order chi connectivity index (χ1) is 23.5. The van der Waals surface area contributed by atoms with Crippen molar-refractivity contribution in [2.75, 3.05) is 44.8 Å². The van der Waals surface area contributed by atoms with E-state index >= 15 is 4.39 Å². The Morgan fingerprint density at radius 1 is 1.08 bits per heavy atom. The normalized spacial score (nSPS) is 25.4. The molecule has 4 atom stereocenters. The summed E-state index contributed by atoms with van der Waals surface area (Å²) in [6, 6.07) is 11.3. The molecule has 0 aliphatic carbocycles. The summed E-state index contributed by atoms with van der Waals surface area (Å²) in [6.07, 6.45) is 6.15. The fraction of sp³-hybridized carbons (Fsp3) is 0.514. The first-order valence-electron chi connectivity index (χ1n) is 17.2. The van der Waals surface area contributed by atoms with Crippen LogP contribution >= 0.6 is 11.6 Å². The average molecular weight is 689 g/mol. The van der Waals surface area contributed by atoms with Crippen molar-refractivity contribution in [2.24, 2.45) is 0 Å². The van der Waals surface area contributed by atoms with Crippen LogP contribution in [-0.4, -0.2) is 100 Å². The summed E-state index contributed by atoms with van der Waals surface area (Å²) in [4.78, 5) is 34.0. The van der Waals surface area contributed by atoms with Crippen LogP contribution in [0.4, 0.5) is 15.0 Å². The van der Waals surface area contributed by atoms with Crippen LogP contribution in [0.3, 0.4) is 0 Å². The molecule has 2 aromatic heterocycles. The number of piperazine rings is 1. The van der Waals surface area contributed by atoms with E-state index in [4.69, 9.17) is 35.8 Å². The second-order valence-corrected chi connectivity index (χ2v) is 15.4. The highest BCUT2D eigenvalue weighted by Gasteiger charge is 2.50. The number of aromatic nitrogens is 3. The van der Waals surface area contributed by atoms with E-state index in [1.54, 1.807) is 19.4 Å². The molecule has 4 aromatic rings. The van der Waals surface area contributed by atoms with Gasteiger partial charge in [-0.25, -0.2) is 9.18 Å². The van der Waals surface area contributed by atoms with Crippen molar-refractivity contribution in [1.82, 2.24) is 24.8 Å². The van der Waals surface area contributed by atoms with Gasteiger partial charge in [-0.2, -0.15) is 9.97 Å². The molecule has 2 aromatic carbocycles. The van der Waals surface area contributed by atoms with Gasteiger partial charge in [0.2, 0.25) is 0 Å². The van der Waals surface area contributed by atoms with Crippen LogP contribution in [-0.2, 0) is 9.47 Å². The largest absolute Gasteiger partial charge is 0.461 e. The number of carbonyl (C=O) groups excluding carboxylic acids is 1. The van der Waals surface area contributed by atoms with Crippen molar-refractivity contribution in [1.29, 1.82) is 0 Å². The van der Waals surface area contributed by atoms with Crippen LogP contribution < -0.4 is 9.64 Å². The Bertz CT molecular complexity index is 1920. The molecule has 2 bridgehead atoms. The lowest BCUT2D eigenvalue weighted by molar-refractivity contribution is 0.0122. The highest BCUT2D eigenvalue weighted by atomic mass is 35.5. The molecule has 0 N–H and O–H groups in total. The van der Waals surface area contributed by atoms with E-state index in [9.17, 15) is 4.79 Å². The molecule has 8 rings (SSSR count). The lowest BCUT2D eigenvalue weighted by Crippen LogP contribution is -2.57. The third-order valence-corrected chi connectivity index (χ3v) is 11.0. The summed E-state index contributed by atoms with van der Waals surface area (Å²) in [6.45, 7) is 8.93. The second-order valence-electron chi connectivity index (χ2n) is 15.0. The molecule has 0 spiro atoms. The van der Waals surface area contributed by atoms with Crippen LogP contribution in [0.15, 0.2) is 42.6 Å². The number of benzene rings is 2. The molecule has 2 unspecified atom stereocenters. The predicted octanol–water partition coefficient (Wildman–Crippen LogP) is 6.86. The minimum absolute atomic E-state index is 0.0618. The predicted molar refractivity (Wildman–Crippen MR) is 187 cm³/mol. The molecule has 0 radical (unpaired) electrons. The van der Waals surface area contributed by atoms with E-state index in [-0.39, 0.29) is 47.0 Å². The zero-order valence-corrected chi connectivity index (χ0v) is 29.2. The van der Waals surface area contributed by atoms with Gasteiger partial charge in [-0.05, 0) is 70.9 Å². The molecular weight excluding hydrogens is 647 g/mol. The van der Waals surface area contributed by atoms with Gasteiger partial charge in [0.25, 0.3) is 0 Å². The van der Waals surface area contributed by atoms with Crippen molar-refractivity contribution in [2.45, 2.75) is 82.2 Å². The topological polar surface area (TPSA) is 93.2 Å². The van der Waals surface area contributed by atoms with Gasteiger partial charge in [0.15, 0.2) is 5.82 Å². The average Bonchev–Trinajstić information content (AvgIpc) is 3.71. The fourth-order valence-corrected chi connectivity index (χ4v) is 8.80. The Morgan fingerprint density at radius 2 is 1.84 bits per heavy atom. The van der Waals surface area contributed by atoms with E-state index in [1.165, 1.54) is 0 Å². The number of halogens is 2. The van der Waals surface area contributed by atoms with Crippen molar-refractivity contribution in [3.05, 3.63) is 53.4 Å². The Morgan fingerprint density at radius 3 is 2.57 bits per heavy atom. The van der Waals surface area contributed by atoms with Gasteiger partial charge in [-0.3, -0.25) is 14.8 Å². The minimum atomic E-state index is -0.588. The maximum atomic E-state index is 16.9. The van der Waals surface area contributed by atoms with Crippen molar-refractivity contribution < 1.29 is 23.4 Å². The number of rotatable bonds is 6. The van der Waals surface area contributed by atoms with Gasteiger partial charge in [0.05, 0.1) is 29.1 Å². The standard InChI is InChI=1S/C37H42ClFN6O4/c1-36(2,3)49-35(46)45-23-12-13-24(45)19-43(18-23)33-27-17-40-31(26-10-5-8-22-9-6-11-28(38)29(22)26)30(39)32(27)41-34(42-33)48-21-37-14-7-15-44(37)20-25(16-37)47-4/h5-6,8-11,17,23-25H,7,12-16,18-21H2,1-4H3/t23?,24?,25-,37+/m0/s1. The highest BCUT2D eigenvalue weighted by molar-refractivity contribution is 6.36. The van der Waals surface area contributed by atoms with Gasteiger partial charge in [-0.15, -0.1) is 0 Å². The smallest absolute Gasteiger partial charge is 0.410 e. The number of amides is 1. The summed E-state index contributed by atoms with van der Waals surface area (Å²) >= 11 is 6.65. The summed E-state index contributed by atoms with van der Waals surface area (Å²) in [5.41, 5.74) is 0.133. The van der Waals surface area contributed by atoms with Gasteiger partial charge in [0, 0.05) is 48.9 Å². The molecule has 4 saturated heterocycles. The first kappa shape index (κ1) is 32.4. The number of nitrogens with zero attached hydrogens (tertiary/aromatic N) is 6.